The zero-order valence-corrected chi connectivity index (χ0v) is 10.1. The van der Waals surface area contributed by atoms with E-state index in [4.69, 9.17) is 11.1 Å². The third-order valence-electron chi connectivity index (χ3n) is 3.41. The fraction of sp³-hybridized carbons (Fsp3) is 0.700. The van der Waals surface area contributed by atoms with Crippen molar-refractivity contribution in [1.29, 1.82) is 5.41 Å². The molecular weight excluding hydrogens is 226 g/mol. The van der Waals surface area contributed by atoms with Gasteiger partial charge in [0, 0.05) is 29.9 Å². The Hall–Kier alpha value is -0.880. The second-order valence-electron chi connectivity index (χ2n) is 4.52. The van der Waals surface area contributed by atoms with Crippen LogP contribution in [-0.4, -0.2) is 37.3 Å². The van der Waals surface area contributed by atoms with Gasteiger partial charge in [-0.25, -0.2) is 8.42 Å². The van der Waals surface area contributed by atoms with Gasteiger partial charge >= 0.3 is 0 Å². The average molecular weight is 243 g/mol. The van der Waals surface area contributed by atoms with Crippen molar-refractivity contribution in [2.45, 2.75) is 37.8 Å². The summed E-state index contributed by atoms with van der Waals surface area (Å²) in [5, 5.41) is 7.36. The minimum absolute atomic E-state index is 0.00236. The molecule has 1 fully saturated rings. The van der Waals surface area contributed by atoms with Crippen LogP contribution in [0, 0.1) is 5.41 Å². The number of fused-ring (bicyclic) bond motifs is 2. The Bertz CT molecular complexity index is 441. The zero-order valence-electron chi connectivity index (χ0n) is 9.31. The molecule has 0 aliphatic carbocycles. The molecule has 1 saturated heterocycles. The monoisotopic (exact) mass is 243 g/mol. The number of nitrogens with two attached hydrogens (primary N) is 1. The molecule has 90 valence electrons. The molecule has 2 atom stereocenters. The van der Waals surface area contributed by atoms with Crippen molar-refractivity contribution in [2.75, 3.05) is 6.26 Å². The molecule has 0 aromatic heterocycles. The quantitative estimate of drug-likeness (QED) is 0.690. The molecule has 0 saturated carbocycles. The number of nitrogens with one attached hydrogen (secondary N) is 1. The molecule has 0 amide bonds. The van der Waals surface area contributed by atoms with Gasteiger partial charge in [0.05, 0.1) is 12.3 Å². The summed E-state index contributed by atoms with van der Waals surface area (Å²) >= 11 is 0. The molecule has 0 spiro atoms. The largest absolute Gasteiger partial charge is 0.402 e. The predicted octanol–water partition coefficient (Wildman–Crippen LogP) is 0.435. The van der Waals surface area contributed by atoms with Gasteiger partial charge in [0.25, 0.3) is 0 Å². The first-order valence-electron chi connectivity index (χ1n) is 5.42. The Labute approximate surface area is 95.9 Å². The molecule has 2 aliphatic rings. The van der Waals surface area contributed by atoms with Gasteiger partial charge in [0.2, 0.25) is 10.0 Å². The summed E-state index contributed by atoms with van der Waals surface area (Å²) in [6, 6.07) is -0.211. The average Bonchev–Trinajstić information content (AvgIpc) is 2.15. The molecule has 0 radical (unpaired) electrons. The number of hydrogen-bond donors (Lipinski definition) is 2. The predicted molar refractivity (Wildman–Crippen MR) is 62.7 cm³/mol. The van der Waals surface area contributed by atoms with Crippen molar-refractivity contribution >= 4 is 16.2 Å². The minimum Gasteiger partial charge on any atom is -0.402 e. The summed E-state index contributed by atoms with van der Waals surface area (Å²) < 4.78 is 25.1. The summed E-state index contributed by atoms with van der Waals surface area (Å²) in [5.74, 6) is 0. The van der Waals surface area contributed by atoms with Crippen molar-refractivity contribution in [1.82, 2.24) is 4.31 Å². The number of sulfonamides is 1. The van der Waals surface area contributed by atoms with Gasteiger partial charge in [0.1, 0.15) is 0 Å². The Kier molecular flexibility index (Phi) is 2.79. The van der Waals surface area contributed by atoms with Gasteiger partial charge in [-0.2, -0.15) is 4.31 Å². The van der Waals surface area contributed by atoms with Gasteiger partial charge in [-0.15, -0.1) is 0 Å². The first-order chi connectivity index (χ1) is 7.45. The van der Waals surface area contributed by atoms with Crippen LogP contribution in [0.2, 0.25) is 0 Å². The van der Waals surface area contributed by atoms with Gasteiger partial charge in [0.15, 0.2) is 0 Å². The van der Waals surface area contributed by atoms with Crippen LogP contribution >= 0.6 is 0 Å². The second kappa shape index (κ2) is 3.85. The molecule has 2 bridgehead atoms. The highest BCUT2D eigenvalue weighted by atomic mass is 32.2. The first-order valence-corrected chi connectivity index (χ1v) is 7.27. The van der Waals surface area contributed by atoms with E-state index in [1.165, 1.54) is 12.5 Å². The molecule has 2 rings (SSSR count). The Morgan fingerprint density at radius 3 is 2.75 bits per heavy atom. The van der Waals surface area contributed by atoms with Gasteiger partial charge in [-0.05, 0) is 19.3 Å². The summed E-state index contributed by atoms with van der Waals surface area (Å²) in [4.78, 5) is 0. The molecular formula is C10H17N3O2S. The van der Waals surface area contributed by atoms with E-state index in [1.807, 2.05) is 0 Å². The Balaban J connectivity index is 2.48. The van der Waals surface area contributed by atoms with Crippen LogP contribution in [0.25, 0.3) is 0 Å². The highest BCUT2D eigenvalue weighted by molar-refractivity contribution is 7.88. The van der Waals surface area contributed by atoms with Crippen LogP contribution in [0.3, 0.4) is 0 Å². The van der Waals surface area contributed by atoms with E-state index in [0.29, 0.717) is 17.7 Å². The number of piperidine rings is 1. The van der Waals surface area contributed by atoms with Crippen LogP contribution < -0.4 is 5.73 Å². The number of rotatable bonds is 2. The maximum Gasteiger partial charge on any atom is 0.212 e. The molecule has 6 heteroatoms. The Morgan fingerprint density at radius 1 is 1.50 bits per heavy atom. The topological polar surface area (TPSA) is 87.2 Å². The first kappa shape index (κ1) is 11.6. The Morgan fingerprint density at radius 2 is 2.19 bits per heavy atom. The molecule has 0 aromatic carbocycles. The molecule has 16 heavy (non-hydrogen) atoms. The number of hydrogen-bond acceptors (Lipinski definition) is 4. The smallest absolute Gasteiger partial charge is 0.212 e. The lowest BCUT2D eigenvalue weighted by molar-refractivity contribution is 0.190. The van der Waals surface area contributed by atoms with Crippen molar-refractivity contribution in [3.63, 3.8) is 0 Å². The van der Waals surface area contributed by atoms with E-state index in [1.54, 1.807) is 4.31 Å². The maximum absolute atomic E-state index is 11.8. The van der Waals surface area contributed by atoms with Crippen molar-refractivity contribution in [3.8, 4) is 0 Å². The summed E-state index contributed by atoms with van der Waals surface area (Å²) in [7, 11) is -3.21. The third-order valence-corrected chi connectivity index (χ3v) is 4.72. The molecule has 3 N–H and O–H groups in total. The molecule has 0 aromatic rings. The fourth-order valence-corrected chi connectivity index (χ4v) is 4.22. The minimum atomic E-state index is -3.21. The lowest BCUT2D eigenvalue weighted by Crippen LogP contribution is -2.54. The standard InChI is InChI=1S/C10H17N3O2S/c1-16(14,15)13-7-3-2-4-10(13)8(6-11)9(12)5-7/h6-7,10-11H,2-5,12H2,1H3. The zero-order chi connectivity index (χ0) is 11.9. The maximum atomic E-state index is 11.8. The van der Waals surface area contributed by atoms with E-state index in [2.05, 4.69) is 0 Å². The van der Waals surface area contributed by atoms with Crippen molar-refractivity contribution in [3.05, 3.63) is 11.3 Å². The van der Waals surface area contributed by atoms with Crippen LogP contribution in [0.4, 0.5) is 0 Å². The van der Waals surface area contributed by atoms with E-state index in [-0.39, 0.29) is 12.1 Å². The van der Waals surface area contributed by atoms with Crippen molar-refractivity contribution in [2.24, 2.45) is 5.73 Å². The van der Waals surface area contributed by atoms with E-state index in [9.17, 15) is 8.42 Å². The molecule has 5 nitrogen and oxygen atoms in total. The fourth-order valence-electron chi connectivity index (χ4n) is 2.82. The van der Waals surface area contributed by atoms with Crippen LogP contribution in [0.1, 0.15) is 25.7 Å². The van der Waals surface area contributed by atoms with E-state index >= 15 is 0 Å². The van der Waals surface area contributed by atoms with Gasteiger partial charge < -0.3 is 11.1 Å². The highest BCUT2D eigenvalue weighted by Crippen LogP contribution is 2.36. The van der Waals surface area contributed by atoms with Crippen LogP contribution in [0.15, 0.2) is 11.3 Å². The van der Waals surface area contributed by atoms with Gasteiger partial charge in [-0.3, -0.25) is 0 Å². The van der Waals surface area contributed by atoms with Crippen LogP contribution in [0.5, 0.6) is 0 Å². The second-order valence-corrected chi connectivity index (χ2v) is 6.41. The summed E-state index contributed by atoms with van der Waals surface area (Å²) in [6.07, 6.45) is 5.66. The van der Waals surface area contributed by atoms with E-state index < -0.39 is 10.0 Å². The SMILES string of the molecule is CS(=O)(=O)N1C2CCCC1C(C=N)=C(N)C2. The summed E-state index contributed by atoms with van der Waals surface area (Å²) in [5.41, 5.74) is 7.26. The molecule has 2 unspecified atom stereocenters. The summed E-state index contributed by atoms with van der Waals surface area (Å²) in [6.45, 7) is 0. The number of nitrogens with zero attached hydrogens (tertiary/aromatic N) is 1. The lowest BCUT2D eigenvalue weighted by Gasteiger charge is -2.44. The highest BCUT2D eigenvalue weighted by Gasteiger charge is 2.42. The third kappa shape index (κ3) is 1.76. The normalized spacial score (nSPS) is 31.6. The van der Waals surface area contributed by atoms with E-state index in [0.717, 1.165) is 19.3 Å². The molecule has 2 aliphatic heterocycles. The molecule has 2 heterocycles. The van der Waals surface area contributed by atoms with Crippen LogP contribution in [-0.2, 0) is 10.0 Å². The lowest BCUT2D eigenvalue weighted by atomic mass is 9.85. The van der Waals surface area contributed by atoms with Gasteiger partial charge in [-0.1, -0.05) is 0 Å². The van der Waals surface area contributed by atoms with Crippen molar-refractivity contribution < 1.29 is 8.42 Å².